The predicted octanol–water partition coefficient (Wildman–Crippen LogP) is 7.90. The number of nitrogens with zero attached hydrogens (tertiary/aromatic N) is 2. The summed E-state index contributed by atoms with van der Waals surface area (Å²) < 4.78 is 0. The lowest BCUT2D eigenvalue weighted by atomic mass is 9.67. The molecule has 0 N–H and O–H groups in total. The minimum absolute atomic E-state index is 0.336. The number of rotatable bonds is 4. The van der Waals surface area contributed by atoms with Crippen molar-refractivity contribution in [3.63, 3.8) is 0 Å². The van der Waals surface area contributed by atoms with Crippen molar-refractivity contribution in [2.75, 3.05) is 0 Å². The first-order valence-corrected chi connectivity index (χ1v) is 15.5. The molecule has 0 saturated carbocycles. The lowest BCUT2D eigenvalue weighted by Gasteiger charge is -2.37. The monoisotopic (exact) mass is 554 g/mol. The topological polar surface area (TPSA) is 25.8 Å². The number of allylic oxidation sites excluding steroid dienone is 9. The van der Waals surface area contributed by atoms with Crippen LogP contribution in [0, 0.1) is 17.8 Å². The minimum Gasteiger partial charge on any atom is -0.265 e. The zero-order chi connectivity index (χ0) is 28.8. The number of aromatic nitrogens is 2. The summed E-state index contributed by atoms with van der Waals surface area (Å²) in [5, 5.41) is 2.81. The van der Waals surface area contributed by atoms with E-state index in [0.29, 0.717) is 17.8 Å². The van der Waals surface area contributed by atoms with Crippen molar-refractivity contribution in [1.29, 1.82) is 0 Å². The maximum Gasteiger partial charge on any atom is 0.0703 e. The van der Waals surface area contributed by atoms with Gasteiger partial charge in [0.2, 0.25) is 0 Å². The van der Waals surface area contributed by atoms with Crippen molar-refractivity contribution in [2.24, 2.45) is 17.8 Å². The Morgan fingerprint density at radius 3 is 2.12 bits per heavy atom. The van der Waals surface area contributed by atoms with Gasteiger partial charge in [0.25, 0.3) is 0 Å². The van der Waals surface area contributed by atoms with E-state index in [1.807, 2.05) is 30.7 Å². The first kappa shape index (κ1) is 25.9. The maximum atomic E-state index is 4.80. The number of pyridine rings is 2. The van der Waals surface area contributed by atoms with Gasteiger partial charge >= 0.3 is 0 Å². The molecule has 3 unspecified atom stereocenters. The fourth-order valence-electron chi connectivity index (χ4n) is 7.59. The summed E-state index contributed by atoms with van der Waals surface area (Å²) in [6, 6.07) is 26.4. The summed E-state index contributed by atoms with van der Waals surface area (Å²) >= 11 is 0. The lowest BCUT2D eigenvalue weighted by molar-refractivity contribution is 0.660. The molecule has 4 aliphatic rings. The normalized spacial score (nSPS) is 22.2. The van der Waals surface area contributed by atoms with Crippen LogP contribution in [-0.2, 0) is 6.42 Å². The zero-order valence-electron chi connectivity index (χ0n) is 24.4. The van der Waals surface area contributed by atoms with Gasteiger partial charge in [-0.05, 0) is 98.4 Å². The number of fused-ring (bicyclic) bond motifs is 3. The molecule has 0 amide bonds. The molecule has 4 aromatic rings. The summed E-state index contributed by atoms with van der Waals surface area (Å²) in [4.78, 5) is 8.93. The summed E-state index contributed by atoms with van der Waals surface area (Å²) in [5.74, 6) is 1.08. The van der Waals surface area contributed by atoms with Gasteiger partial charge in [-0.1, -0.05) is 104 Å². The molecule has 2 nitrogen and oxygen atoms in total. The van der Waals surface area contributed by atoms with Crippen LogP contribution in [0.15, 0.2) is 139 Å². The van der Waals surface area contributed by atoms with Gasteiger partial charge in [-0.2, -0.15) is 0 Å². The second-order valence-corrected chi connectivity index (χ2v) is 12.1. The molecule has 208 valence electrons. The van der Waals surface area contributed by atoms with E-state index in [-0.39, 0.29) is 0 Å². The molecule has 0 saturated heterocycles. The number of benzene rings is 2. The second-order valence-electron chi connectivity index (χ2n) is 12.1. The van der Waals surface area contributed by atoms with Gasteiger partial charge in [-0.3, -0.25) is 9.97 Å². The van der Waals surface area contributed by atoms with Gasteiger partial charge in [-0.15, -0.1) is 0 Å². The smallest absolute Gasteiger partial charge is 0.0703 e. The Bertz CT molecular complexity index is 2000. The molecule has 2 aromatic carbocycles. The third-order valence-corrected chi connectivity index (χ3v) is 9.64. The van der Waals surface area contributed by atoms with E-state index in [0.717, 1.165) is 30.5 Å². The fourth-order valence-corrected chi connectivity index (χ4v) is 7.59. The predicted molar refractivity (Wildman–Crippen MR) is 178 cm³/mol. The molecule has 0 fully saturated rings. The summed E-state index contributed by atoms with van der Waals surface area (Å²) in [6.07, 6.45) is 25.5. The van der Waals surface area contributed by atoms with Gasteiger partial charge in [-0.25, -0.2) is 0 Å². The molecule has 3 atom stereocenters. The van der Waals surface area contributed by atoms with E-state index in [9.17, 15) is 0 Å². The molecule has 0 spiro atoms. The van der Waals surface area contributed by atoms with Gasteiger partial charge in [0, 0.05) is 36.0 Å². The molecule has 4 aliphatic carbocycles. The molecule has 0 bridgehead atoms. The Kier molecular flexibility index (Phi) is 6.48. The molecule has 8 rings (SSSR count). The van der Waals surface area contributed by atoms with E-state index in [1.165, 1.54) is 55.0 Å². The highest BCUT2D eigenvalue weighted by atomic mass is 14.7. The van der Waals surface area contributed by atoms with Crippen molar-refractivity contribution in [3.05, 3.63) is 166 Å². The van der Waals surface area contributed by atoms with Crippen LogP contribution in [-0.4, -0.2) is 9.97 Å². The molecular formula is C41H34N2. The third-order valence-electron chi connectivity index (χ3n) is 9.64. The molecule has 0 aliphatic heterocycles. The molecule has 43 heavy (non-hydrogen) atoms. The standard InChI is InChI=1S/C41H34N2/c1-27-24-31(16-18-34(27)33-17-19-39(43-26-33)29-20-22-42-23-21-29)40-35-10-4-6-12-37(35)41(38-13-7-5-11-36(38)40)32-15-14-28-8-2-3-9-30(28)25-32/h2-13,16-23,25-27,35,37H,14-15,24H2,1H3. The Hall–Kier alpha value is -4.82. The lowest BCUT2D eigenvalue weighted by Crippen LogP contribution is -2.41. The average molecular weight is 555 g/mol. The third kappa shape index (κ3) is 4.58. The van der Waals surface area contributed by atoms with Gasteiger partial charge in [0.15, 0.2) is 0 Å². The van der Waals surface area contributed by atoms with Gasteiger partial charge in [0.05, 0.1) is 5.69 Å². The molecular weight excluding hydrogens is 520 g/mol. The van der Waals surface area contributed by atoms with E-state index in [4.69, 9.17) is 4.98 Å². The average Bonchev–Trinajstić information content (AvgIpc) is 3.07. The first-order valence-electron chi connectivity index (χ1n) is 15.5. The van der Waals surface area contributed by atoms with E-state index in [2.05, 4.69) is 115 Å². The van der Waals surface area contributed by atoms with Crippen LogP contribution in [0.3, 0.4) is 0 Å². The summed E-state index contributed by atoms with van der Waals surface area (Å²) in [7, 11) is 0. The van der Waals surface area contributed by atoms with Crippen molar-refractivity contribution >= 4 is 22.8 Å². The first-order chi connectivity index (χ1) is 21.2. The molecule has 0 radical (unpaired) electrons. The number of hydrogen-bond acceptors (Lipinski definition) is 2. The highest BCUT2D eigenvalue weighted by Crippen LogP contribution is 2.45. The molecule has 2 heteroatoms. The highest BCUT2D eigenvalue weighted by Gasteiger charge is 2.34. The fraction of sp³-hybridized carbons (Fsp3) is 0.171. The van der Waals surface area contributed by atoms with E-state index in [1.54, 1.807) is 0 Å². The van der Waals surface area contributed by atoms with Crippen molar-refractivity contribution in [2.45, 2.75) is 26.2 Å². The Morgan fingerprint density at radius 2 is 1.40 bits per heavy atom. The van der Waals surface area contributed by atoms with Crippen LogP contribution in [0.5, 0.6) is 0 Å². The highest BCUT2D eigenvalue weighted by molar-refractivity contribution is 5.85. The van der Waals surface area contributed by atoms with Crippen molar-refractivity contribution < 1.29 is 0 Å². The zero-order valence-corrected chi connectivity index (χ0v) is 24.4. The second kappa shape index (κ2) is 10.8. The summed E-state index contributed by atoms with van der Waals surface area (Å²) in [5.41, 5.74) is 13.4. The van der Waals surface area contributed by atoms with Crippen molar-refractivity contribution in [1.82, 2.24) is 9.97 Å². The van der Waals surface area contributed by atoms with Crippen LogP contribution < -0.4 is 10.4 Å². The van der Waals surface area contributed by atoms with E-state index < -0.39 is 0 Å². The number of aryl methyl sites for hydroxylation is 1. The van der Waals surface area contributed by atoms with Crippen LogP contribution in [0.4, 0.5) is 0 Å². The Labute approximate surface area is 253 Å². The Morgan fingerprint density at radius 1 is 0.674 bits per heavy atom. The minimum atomic E-state index is 0.336. The van der Waals surface area contributed by atoms with Gasteiger partial charge < -0.3 is 0 Å². The quantitative estimate of drug-likeness (QED) is 0.256. The largest absolute Gasteiger partial charge is 0.265 e. The van der Waals surface area contributed by atoms with Crippen LogP contribution in [0.25, 0.3) is 34.1 Å². The summed E-state index contributed by atoms with van der Waals surface area (Å²) in [6.45, 7) is 2.36. The van der Waals surface area contributed by atoms with Crippen LogP contribution in [0.1, 0.15) is 36.5 Å². The van der Waals surface area contributed by atoms with E-state index >= 15 is 0 Å². The maximum absolute atomic E-state index is 4.80. The molecule has 2 heterocycles. The Balaban J connectivity index is 1.24. The van der Waals surface area contributed by atoms with Crippen molar-refractivity contribution in [3.8, 4) is 11.3 Å². The SMILES string of the molecule is CC1CC(C2=c3ccccc3=C(C3=Cc4ccccc4CC3)C3C=CC=CC23)=CC=C1c1ccc(-c2ccncc2)nc1. The number of hydrogen-bond donors (Lipinski definition) is 0. The molecule has 2 aromatic heterocycles. The van der Waals surface area contributed by atoms with Crippen LogP contribution in [0.2, 0.25) is 0 Å². The van der Waals surface area contributed by atoms with Gasteiger partial charge in [0.1, 0.15) is 0 Å². The van der Waals surface area contributed by atoms with Crippen LogP contribution >= 0.6 is 0 Å².